The molecule has 3 N–H and O–H groups in total. The van der Waals surface area contributed by atoms with Crippen molar-refractivity contribution in [3.8, 4) is 11.5 Å². The zero-order chi connectivity index (χ0) is 22.8. The number of para-hydroxylation sites is 1. The number of rotatable bonds is 11. The molecule has 7 nitrogen and oxygen atoms in total. The first kappa shape index (κ1) is 26.7. The Hall–Kier alpha value is -2.56. The average Bonchev–Trinajstić information content (AvgIpc) is 3.61. The average molecular weight is 570 g/mol. The van der Waals surface area contributed by atoms with Crippen LogP contribution in [0.2, 0.25) is 0 Å². The van der Waals surface area contributed by atoms with E-state index in [2.05, 4.69) is 20.9 Å². The molecule has 1 saturated carbocycles. The van der Waals surface area contributed by atoms with Crippen LogP contribution in [0.15, 0.2) is 53.5 Å². The quantitative estimate of drug-likeness (QED) is 0.220. The summed E-state index contributed by atoms with van der Waals surface area (Å²) in [6.07, 6.45) is 2.69. The maximum absolute atomic E-state index is 13.7. The topological polar surface area (TPSA) is 84.0 Å². The summed E-state index contributed by atoms with van der Waals surface area (Å²) in [7, 11) is 1.70. The monoisotopic (exact) mass is 570 g/mol. The third-order valence-electron chi connectivity index (χ3n) is 4.89. The summed E-state index contributed by atoms with van der Waals surface area (Å²) in [5.41, 5.74) is 1.14. The van der Waals surface area contributed by atoms with E-state index < -0.39 is 0 Å². The van der Waals surface area contributed by atoms with Crippen molar-refractivity contribution in [1.82, 2.24) is 16.0 Å². The molecule has 1 aliphatic carbocycles. The molecule has 1 atom stereocenters. The van der Waals surface area contributed by atoms with Crippen molar-refractivity contribution < 1.29 is 18.7 Å². The molecule has 1 fully saturated rings. The van der Waals surface area contributed by atoms with Gasteiger partial charge >= 0.3 is 0 Å². The molecule has 2 aromatic rings. The minimum absolute atomic E-state index is 0. The number of amides is 1. The Morgan fingerprint density at radius 1 is 1.15 bits per heavy atom. The van der Waals surface area contributed by atoms with Crippen LogP contribution in [0, 0.1) is 5.82 Å². The third-order valence-corrected chi connectivity index (χ3v) is 4.89. The molecule has 180 valence electrons. The van der Waals surface area contributed by atoms with Gasteiger partial charge in [-0.25, -0.2) is 4.39 Å². The molecule has 3 rings (SSSR count). The molecule has 9 heteroatoms. The molecule has 0 saturated heterocycles. The lowest BCUT2D eigenvalue weighted by Gasteiger charge is -2.18. The molecule has 1 amide bonds. The van der Waals surface area contributed by atoms with E-state index in [1.165, 1.54) is 6.07 Å². The number of carbonyl (C=O) groups excluding carboxylic acids is 1. The van der Waals surface area contributed by atoms with Crippen LogP contribution in [-0.2, 0) is 11.2 Å². The SMILES string of the molecule is CN=C(NCCc1ccc(OCC(=O)NC2CC2)cc1)NCC(C)Oc1ccccc1F.I. The largest absolute Gasteiger partial charge is 0.486 e. The predicted octanol–water partition coefficient (Wildman–Crippen LogP) is 3.28. The second-order valence-corrected chi connectivity index (χ2v) is 7.76. The van der Waals surface area contributed by atoms with Gasteiger partial charge in [0.25, 0.3) is 5.91 Å². The minimum atomic E-state index is -0.375. The summed E-state index contributed by atoms with van der Waals surface area (Å²) in [5, 5.41) is 9.33. The summed E-state index contributed by atoms with van der Waals surface area (Å²) >= 11 is 0. The van der Waals surface area contributed by atoms with Gasteiger partial charge in [0.1, 0.15) is 11.9 Å². The van der Waals surface area contributed by atoms with Crippen LogP contribution in [0.3, 0.4) is 0 Å². The Balaban J connectivity index is 0.00000385. The first-order valence-electron chi connectivity index (χ1n) is 10.9. The van der Waals surface area contributed by atoms with E-state index >= 15 is 0 Å². The van der Waals surface area contributed by atoms with Gasteiger partial charge in [0.2, 0.25) is 0 Å². The van der Waals surface area contributed by atoms with Crippen LogP contribution in [0.4, 0.5) is 4.39 Å². The van der Waals surface area contributed by atoms with Gasteiger partial charge in [-0.15, -0.1) is 24.0 Å². The molecule has 0 radical (unpaired) electrons. The number of guanidine groups is 1. The van der Waals surface area contributed by atoms with Crippen LogP contribution in [0.1, 0.15) is 25.3 Å². The summed E-state index contributed by atoms with van der Waals surface area (Å²) in [6, 6.07) is 14.4. The number of aliphatic imine (C=N–C) groups is 1. The lowest BCUT2D eigenvalue weighted by Crippen LogP contribution is -2.42. The maximum Gasteiger partial charge on any atom is 0.258 e. The molecule has 0 spiro atoms. The number of carbonyl (C=O) groups is 1. The second-order valence-electron chi connectivity index (χ2n) is 7.76. The Morgan fingerprint density at radius 3 is 2.55 bits per heavy atom. The Labute approximate surface area is 211 Å². The predicted molar refractivity (Wildman–Crippen MR) is 138 cm³/mol. The lowest BCUT2D eigenvalue weighted by molar-refractivity contribution is -0.123. The lowest BCUT2D eigenvalue weighted by atomic mass is 10.1. The second kappa shape index (κ2) is 13.9. The summed E-state index contributed by atoms with van der Waals surface area (Å²) in [6.45, 7) is 3.07. The van der Waals surface area contributed by atoms with Crippen molar-refractivity contribution in [2.75, 3.05) is 26.7 Å². The van der Waals surface area contributed by atoms with E-state index in [4.69, 9.17) is 9.47 Å². The van der Waals surface area contributed by atoms with Crippen LogP contribution in [0.25, 0.3) is 0 Å². The van der Waals surface area contributed by atoms with E-state index in [0.717, 1.165) is 24.8 Å². The normalized spacial score (nSPS) is 14.0. The standard InChI is InChI=1S/C24H31FN4O3.HI/c1-17(32-22-6-4-3-5-21(22)25)15-28-24(26-2)27-14-13-18-7-11-20(12-8-18)31-16-23(30)29-19-9-10-19;/h3-8,11-12,17,19H,9-10,13-16H2,1-2H3,(H,29,30)(H2,26,27,28);1H. The van der Waals surface area contributed by atoms with Crippen LogP contribution >= 0.6 is 24.0 Å². The first-order chi connectivity index (χ1) is 15.5. The Bertz CT molecular complexity index is 907. The van der Waals surface area contributed by atoms with Gasteiger partial charge in [0.15, 0.2) is 24.1 Å². The van der Waals surface area contributed by atoms with E-state index in [-0.39, 0.29) is 54.2 Å². The maximum atomic E-state index is 13.7. The van der Waals surface area contributed by atoms with Gasteiger partial charge in [-0.2, -0.15) is 0 Å². The highest BCUT2D eigenvalue weighted by atomic mass is 127. The molecule has 0 aromatic heterocycles. The van der Waals surface area contributed by atoms with Gasteiger partial charge in [-0.1, -0.05) is 24.3 Å². The number of nitrogens with one attached hydrogen (secondary N) is 3. The van der Waals surface area contributed by atoms with E-state index in [1.807, 2.05) is 31.2 Å². The zero-order valence-electron chi connectivity index (χ0n) is 19.0. The highest BCUT2D eigenvalue weighted by Gasteiger charge is 2.23. The Morgan fingerprint density at radius 2 is 1.88 bits per heavy atom. The van der Waals surface area contributed by atoms with Gasteiger partial charge in [-0.3, -0.25) is 9.79 Å². The molecule has 0 heterocycles. The van der Waals surface area contributed by atoms with Crippen LogP contribution < -0.4 is 25.4 Å². The van der Waals surface area contributed by atoms with Crippen molar-refractivity contribution in [3.63, 3.8) is 0 Å². The molecule has 1 unspecified atom stereocenters. The Kier molecular flexibility index (Phi) is 11.2. The molecule has 0 bridgehead atoms. The molecular formula is C24H32FIN4O3. The summed E-state index contributed by atoms with van der Waals surface area (Å²) in [4.78, 5) is 15.9. The number of hydrogen-bond donors (Lipinski definition) is 3. The smallest absolute Gasteiger partial charge is 0.258 e. The van der Waals surface area contributed by atoms with Crippen molar-refractivity contribution in [2.24, 2.45) is 4.99 Å². The van der Waals surface area contributed by atoms with Crippen molar-refractivity contribution in [1.29, 1.82) is 0 Å². The minimum Gasteiger partial charge on any atom is -0.486 e. The number of halogens is 2. The van der Waals surface area contributed by atoms with Gasteiger partial charge in [0.05, 0.1) is 6.54 Å². The summed E-state index contributed by atoms with van der Waals surface area (Å²) in [5.74, 6) is 1.11. The molecular weight excluding hydrogens is 538 g/mol. The van der Waals surface area contributed by atoms with E-state index in [1.54, 1.807) is 25.2 Å². The highest BCUT2D eigenvalue weighted by molar-refractivity contribution is 14.0. The van der Waals surface area contributed by atoms with Crippen LogP contribution in [-0.4, -0.2) is 50.8 Å². The number of hydrogen-bond acceptors (Lipinski definition) is 4. The van der Waals surface area contributed by atoms with E-state index in [9.17, 15) is 9.18 Å². The number of benzene rings is 2. The first-order valence-corrected chi connectivity index (χ1v) is 10.9. The zero-order valence-corrected chi connectivity index (χ0v) is 21.3. The van der Waals surface area contributed by atoms with E-state index in [0.29, 0.717) is 30.8 Å². The number of nitrogens with zero attached hydrogens (tertiary/aromatic N) is 1. The van der Waals surface area contributed by atoms with Crippen molar-refractivity contribution in [3.05, 3.63) is 59.9 Å². The fraction of sp³-hybridized carbons (Fsp3) is 0.417. The fourth-order valence-electron chi connectivity index (χ4n) is 2.98. The summed E-state index contributed by atoms with van der Waals surface area (Å²) < 4.78 is 24.8. The molecule has 1 aliphatic rings. The highest BCUT2D eigenvalue weighted by Crippen LogP contribution is 2.19. The van der Waals surface area contributed by atoms with Gasteiger partial charge < -0.3 is 25.4 Å². The molecule has 2 aromatic carbocycles. The molecule has 0 aliphatic heterocycles. The van der Waals surface area contributed by atoms with Crippen LogP contribution in [0.5, 0.6) is 11.5 Å². The fourth-order valence-corrected chi connectivity index (χ4v) is 2.98. The van der Waals surface area contributed by atoms with Crippen molar-refractivity contribution >= 4 is 35.8 Å². The third kappa shape index (κ3) is 9.85. The number of ether oxygens (including phenoxy) is 2. The van der Waals surface area contributed by atoms with Gasteiger partial charge in [0, 0.05) is 19.6 Å². The van der Waals surface area contributed by atoms with Crippen molar-refractivity contribution in [2.45, 2.75) is 38.3 Å². The van der Waals surface area contributed by atoms with Gasteiger partial charge in [-0.05, 0) is 56.0 Å². The molecule has 33 heavy (non-hydrogen) atoms.